The third-order valence-electron chi connectivity index (χ3n) is 3.66. The van der Waals surface area contributed by atoms with E-state index in [-0.39, 0.29) is 5.91 Å². The van der Waals surface area contributed by atoms with Crippen molar-refractivity contribution in [3.63, 3.8) is 0 Å². The number of rotatable bonds is 4. The van der Waals surface area contributed by atoms with E-state index in [4.69, 9.17) is 4.42 Å². The fourth-order valence-electron chi connectivity index (χ4n) is 2.39. The average molecular weight is 294 g/mol. The van der Waals surface area contributed by atoms with E-state index in [2.05, 4.69) is 4.98 Å². The highest BCUT2D eigenvalue weighted by Crippen LogP contribution is 2.21. The smallest absolute Gasteiger partial charge is 0.289 e. The Morgan fingerprint density at radius 2 is 2.09 bits per heavy atom. The van der Waals surface area contributed by atoms with E-state index in [0.717, 1.165) is 28.6 Å². The fourth-order valence-corrected chi connectivity index (χ4v) is 2.39. The minimum atomic E-state index is -0.107. The number of carbonyl (C=O) groups excluding carboxylic acids is 1. The second-order valence-electron chi connectivity index (χ2n) is 5.45. The van der Waals surface area contributed by atoms with Crippen LogP contribution < -0.4 is 0 Å². The molecule has 0 aliphatic rings. The van der Waals surface area contributed by atoms with Crippen molar-refractivity contribution in [3.05, 3.63) is 65.7 Å². The van der Waals surface area contributed by atoms with Crippen LogP contribution in [0, 0.1) is 6.92 Å². The van der Waals surface area contributed by atoms with Gasteiger partial charge in [-0.1, -0.05) is 17.7 Å². The number of furan rings is 1. The van der Waals surface area contributed by atoms with E-state index in [0.29, 0.717) is 12.3 Å². The molecule has 0 spiro atoms. The summed E-state index contributed by atoms with van der Waals surface area (Å²) in [6, 6.07) is 13.5. The summed E-state index contributed by atoms with van der Waals surface area (Å²) < 4.78 is 5.65. The number of amides is 1. The molecule has 22 heavy (non-hydrogen) atoms. The number of aryl methyl sites for hydroxylation is 1. The summed E-state index contributed by atoms with van der Waals surface area (Å²) in [6.45, 7) is 2.62. The van der Waals surface area contributed by atoms with Crippen LogP contribution >= 0.6 is 0 Å². The predicted molar refractivity (Wildman–Crippen MR) is 85.9 cm³/mol. The van der Waals surface area contributed by atoms with Crippen LogP contribution in [-0.4, -0.2) is 29.4 Å². The standard InChI is InChI=1S/C18H18N2O2/c1-13-6-7-16-14(11-13)12-17(22-16)18(21)20(2)10-8-15-5-3-4-9-19-15/h3-7,9,11-12H,8,10H2,1-2H3. The number of hydrogen-bond donors (Lipinski definition) is 0. The average Bonchev–Trinajstić information content (AvgIpc) is 2.95. The molecule has 0 fully saturated rings. The van der Waals surface area contributed by atoms with Crippen molar-refractivity contribution in [2.45, 2.75) is 13.3 Å². The molecule has 0 unspecified atom stereocenters. The van der Waals surface area contributed by atoms with Gasteiger partial charge in [0.05, 0.1) is 0 Å². The van der Waals surface area contributed by atoms with Gasteiger partial charge in [-0.3, -0.25) is 9.78 Å². The summed E-state index contributed by atoms with van der Waals surface area (Å²) in [7, 11) is 1.78. The van der Waals surface area contributed by atoms with Crippen LogP contribution in [0.4, 0.5) is 0 Å². The van der Waals surface area contributed by atoms with Gasteiger partial charge in [-0.15, -0.1) is 0 Å². The monoisotopic (exact) mass is 294 g/mol. The van der Waals surface area contributed by atoms with Gasteiger partial charge in [0.25, 0.3) is 5.91 Å². The third kappa shape index (κ3) is 3.01. The highest BCUT2D eigenvalue weighted by Gasteiger charge is 2.16. The number of benzene rings is 1. The molecular formula is C18H18N2O2. The van der Waals surface area contributed by atoms with Crippen molar-refractivity contribution in [2.24, 2.45) is 0 Å². The van der Waals surface area contributed by atoms with Crippen molar-refractivity contribution >= 4 is 16.9 Å². The SMILES string of the molecule is Cc1ccc2oc(C(=O)N(C)CCc3ccccn3)cc2c1. The Morgan fingerprint density at radius 3 is 2.86 bits per heavy atom. The van der Waals surface area contributed by atoms with Crippen molar-refractivity contribution in [3.8, 4) is 0 Å². The molecule has 1 amide bonds. The topological polar surface area (TPSA) is 46.3 Å². The van der Waals surface area contributed by atoms with E-state index in [1.807, 2.05) is 49.4 Å². The highest BCUT2D eigenvalue weighted by atomic mass is 16.3. The molecule has 112 valence electrons. The van der Waals surface area contributed by atoms with Crippen molar-refractivity contribution in [1.82, 2.24) is 9.88 Å². The largest absolute Gasteiger partial charge is 0.451 e. The molecule has 3 rings (SSSR count). The number of fused-ring (bicyclic) bond motifs is 1. The Bertz CT molecular complexity index is 793. The van der Waals surface area contributed by atoms with Crippen LogP contribution in [0.25, 0.3) is 11.0 Å². The van der Waals surface area contributed by atoms with Crippen LogP contribution in [0.15, 0.2) is 53.1 Å². The first kappa shape index (κ1) is 14.3. The first-order chi connectivity index (χ1) is 10.6. The molecule has 4 heteroatoms. The van der Waals surface area contributed by atoms with Gasteiger partial charge in [-0.25, -0.2) is 0 Å². The lowest BCUT2D eigenvalue weighted by Crippen LogP contribution is -2.28. The first-order valence-corrected chi connectivity index (χ1v) is 7.29. The van der Waals surface area contributed by atoms with Gasteiger partial charge >= 0.3 is 0 Å². The molecule has 2 aromatic heterocycles. The van der Waals surface area contributed by atoms with Crippen LogP contribution in [-0.2, 0) is 6.42 Å². The van der Waals surface area contributed by atoms with Crippen molar-refractivity contribution in [1.29, 1.82) is 0 Å². The second kappa shape index (κ2) is 6.02. The quantitative estimate of drug-likeness (QED) is 0.740. The van der Waals surface area contributed by atoms with Gasteiger partial charge in [0, 0.05) is 37.3 Å². The molecule has 2 heterocycles. The zero-order valence-corrected chi connectivity index (χ0v) is 12.7. The number of aromatic nitrogens is 1. The zero-order chi connectivity index (χ0) is 15.5. The van der Waals surface area contributed by atoms with Crippen LogP contribution in [0.5, 0.6) is 0 Å². The molecular weight excluding hydrogens is 276 g/mol. The molecule has 0 radical (unpaired) electrons. The van der Waals surface area contributed by atoms with Gasteiger partial charge in [-0.2, -0.15) is 0 Å². The Balaban J connectivity index is 1.71. The first-order valence-electron chi connectivity index (χ1n) is 7.29. The van der Waals surface area contributed by atoms with Crippen molar-refractivity contribution < 1.29 is 9.21 Å². The van der Waals surface area contributed by atoms with Gasteiger partial charge in [0.15, 0.2) is 5.76 Å². The number of carbonyl (C=O) groups is 1. The molecule has 0 aliphatic heterocycles. The molecule has 1 aromatic carbocycles. The normalized spacial score (nSPS) is 10.8. The minimum Gasteiger partial charge on any atom is -0.451 e. The number of likely N-dealkylation sites (N-methyl/N-ethyl adjacent to an activating group) is 1. The maximum atomic E-state index is 12.4. The summed E-state index contributed by atoms with van der Waals surface area (Å²) in [5, 5.41) is 0.960. The minimum absolute atomic E-state index is 0.107. The summed E-state index contributed by atoms with van der Waals surface area (Å²) in [5.41, 5.74) is 2.87. The van der Waals surface area contributed by atoms with Crippen molar-refractivity contribution in [2.75, 3.05) is 13.6 Å². The molecule has 0 aliphatic carbocycles. The number of pyridine rings is 1. The third-order valence-corrected chi connectivity index (χ3v) is 3.66. The molecule has 4 nitrogen and oxygen atoms in total. The van der Waals surface area contributed by atoms with Gasteiger partial charge in [0.2, 0.25) is 0 Å². The maximum Gasteiger partial charge on any atom is 0.289 e. The molecule has 0 bridgehead atoms. The lowest BCUT2D eigenvalue weighted by atomic mass is 10.2. The van der Waals surface area contributed by atoms with Gasteiger partial charge in [0.1, 0.15) is 5.58 Å². The predicted octanol–water partition coefficient (Wildman–Crippen LogP) is 3.45. The number of hydrogen-bond acceptors (Lipinski definition) is 3. The van der Waals surface area contributed by atoms with Gasteiger partial charge in [-0.05, 0) is 37.3 Å². The molecule has 0 atom stereocenters. The van der Waals surface area contributed by atoms with E-state index >= 15 is 0 Å². The summed E-state index contributed by atoms with van der Waals surface area (Å²) in [4.78, 5) is 18.4. The summed E-state index contributed by atoms with van der Waals surface area (Å²) >= 11 is 0. The Kier molecular flexibility index (Phi) is 3.92. The summed E-state index contributed by atoms with van der Waals surface area (Å²) in [5.74, 6) is 0.272. The van der Waals surface area contributed by atoms with E-state index < -0.39 is 0 Å². The molecule has 0 saturated carbocycles. The van der Waals surface area contributed by atoms with Gasteiger partial charge < -0.3 is 9.32 Å². The van der Waals surface area contributed by atoms with Crippen LogP contribution in [0.3, 0.4) is 0 Å². The van der Waals surface area contributed by atoms with E-state index in [1.54, 1.807) is 18.1 Å². The zero-order valence-electron chi connectivity index (χ0n) is 12.7. The summed E-state index contributed by atoms with van der Waals surface area (Å²) in [6.07, 6.45) is 2.49. The number of nitrogens with zero attached hydrogens (tertiary/aromatic N) is 2. The lowest BCUT2D eigenvalue weighted by molar-refractivity contribution is 0.0767. The van der Waals surface area contributed by atoms with E-state index in [1.165, 1.54) is 0 Å². The Labute approximate surface area is 129 Å². The maximum absolute atomic E-state index is 12.4. The molecule has 0 N–H and O–H groups in total. The van der Waals surface area contributed by atoms with E-state index in [9.17, 15) is 4.79 Å². The van der Waals surface area contributed by atoms with Crippen LogP contribution in [0.2, 0.25) is 0 Å². The fraction of sp³-hybridized carbons (Fsp3) is 0.222. The van der Waals surface area contributed by atoms with Crippen LogP contribution in [0.1, 0.15) is 21.8 Å². The highest BCUT2D eigenvalue weighted by molar-refractivity contribution is 5.96. The Hall–Kier alpha value is -2.62. The Morgan fingerprint density at radius 1 is 1.23 bits per heavy atom. The molecule has 3 aromatic rings. The molecule has 0 saturated heterocycles. The lowest BCUT2D eigenvalue weighted by Gasteiger charge is -2.15. The second-order valence-corrected chi connectivity index (χ2v) is 5.45.